The number of hydrogen-bond acceptors (Lipinski definition) is 5. The standard InChI is InChI=1S/C12H14FN3O4S/c1-15-11(14)10(13)7-16(12(15)17)21(18,19)9-5-3-8(20-2)4-6-9/h3-7,12,14,17H,1-2H3. The summed E-state index contributed by atoms with van der Waals surface area (Å²) in [6.45, 7) is 0. The molecule has 0 spiro atoms. The van der Waals surface area contributed by atoms with E-state index in [-0.39, 0.29) is 4.90 Å². The van der Waals surface area contributed by atoms with Crippen LogP contribution in [0.4, 0.5) is 4.39 Å². The van der Waals surface area contributed by atoms with Crippen LogP contribution in [0.5, 0.6) is 5.75 Å². The Balaban J connectivity index is 2.45. The molecule has 2 rings (SSSR count). The van der Waals surface area contributed by atoms with Crippen LogP contribution in [-0.4, -0.2) is 49.1 Å². The fourth-order valence-corrected chi connectivity index (χ4v) is 3.10. The van der Waals surface area contributed by atoms with Gasteiger partial charge in [0.1, 0.15) is 5.75 Å². The SMILES string of the molecule is COc1ccc(S(=O)(=O)N2C=C(F)C(=N)N(C)C2O)cc1. The molecule has 114 valence electrons. The minimum absolute atomic E-state index is 0.131. The summed E-state index contributed by atoms with van der Waals surface area (Å²) < 4.78 is 43.8. The van der Waals surface area contributed by atoms with Crippen molar-refractivity contribution in [1.82, 2.24) is 9.21 Å². The van der Waals surface area contributed by atoms with Gasteiger partial charge < -0.3 is 14.7 Å². The highest BCUT2D eigenvalue weighted by Gasteiger charge is 2.36. The number of sulfonamides is 1. The zero-order valence-electron chi connectivity index (χ0n) is 11.3. The predicted octanol–water partition coefficient (Wildman–Crippen LogP) is 0.695. The van der Waals surface area contributed by atoms with Crippen LogP contribution in [0.3, 0.4) is 0 Å². The maximum absolute atomic E-state index is 13.6. The zero-order valence-corrected chi connectivity index (χ0v) is 12.1. The first-order valence-corrected chi connectivity index (χ1v) is 7.28. The van der Waals surface area contributed by atoms with Crippen LogP contribution in [0.2, 0.25) is 0 Å². The normalized spacial score (nSPS) is 19.5. The van der Waals surface area contributed by atoms with Crippen LogP contribution in [0.25, 0.3) is 0 Å². The molecule has 21 heavy (non-hydrogen) atoms. The largest absolute Gasteiger partial charge is 0.497 e. The third-order valence-electron chi connectivity index (χ3n) is 3.03. The second-order valence-electron chi connectivity index (χ2n) is 4.29. The Kier molecular flexibility index (Phi) is 3.88. The lowest BCUT2D eigenvalue weighted by Crippen LogP contribution is -2.52. The van der Waals surface area contributed by atoms with Gasteiger partial charge >= 0.3 is 0 Å². The van der Waals surface area contributed by atoms with E-state index < -0.39 is 28.0 Å². The Bertz CT molecular complexity index is 687. The lowest BCUT2D eigenvalue weighted by Gasteiger charge is -2.36. The predicted molar refractivity (Wildman–Crippen MR) is 72.7 cm³/mol. The maximum atomic E-state index is 13.6. The van der Waals surface area contributed by atoms with E-state index in [1.807, 2.05) is 0 Å². The molecule has 2 N–H and O–H groups in total. The molecule has 0 aromatic heterocycles. The molecule has 9 heteroatoms. The fraction of sp³-hybridized carbons (Fsp3) is 0.250. The van der Waals surface area contributed by atoms with Crippen LogP contribution in [-0.2, 0) is 10.0 Å². The molecule has 0 saturated carbocycles. The number of hydrogen-bond donors (Lipinski definition) is 2. The number of ether oxygens (including phenoxy) is 1. The molecule has 0 saturated heterocycles. The van der Waals surface area contributed by atoms with Crippen molar-refractivity contribution in [2.45, 2.75) is 11.2 Å². The average Bonchev–Trinajstić information content (AvgIpc) is 2.48. The van der Waals surface area contributed by atoms with Crippen molar-refractivity contribution in [2.75, 3.05) is 14.2 Å². The summed E-state index contributed by atoms with van der Waals surface area (Å²) in [6, 6.07) is 5.45. The van der Waals surface area contributed by atoms with Crippen molar-refractivity contribution in [2.24, 2.45) is 0 Å². The second kappa shape index (κ2) is 5.34. The van der Waals surface area contributed by atoms with Gasteiger partial charge in [-0.3, -0.25) is 5.41 Å². The molecule has 7 nitrogen and oxygen atoms in total. The Labute approximate surface area is 121 Å². The molecule has 1 aliphatic heterocycles. The van der Waals surface area contributed by atoms with Gasteiger partial charge in [-0.25, -0.2) is 17.1 Å². The molecule has 1 atom stereocenters. The van der Waals surface area contributed by atoms with Gasteiger partial charge in [0.15, 0.2) is 11.7 Å². The molecule has 0 fully saturated rings. The van der Waals surface area contributed by atoms with Crippen molar-refractivity contribution in [3.63, 3.8) is 0 Å². The molecular weight excluding hydrogens is 301 g/mol. The number of aliphatic hydroxyl groups is 1. The number of amidine groups is 1. The van der Waals surface area contributed by atoms with E-state index in [1.165, 1.54) is 38.4 Å². The molecular formula is C12H14FN3O4S. The average molecular weight is 315 g/mol. The first-order chi connectivity index (χ1) is 9.78. The molecule has 1 aliphatic rings. The van der Waals surface area contributed by atoms with E-state index >= 15 is 0 Å². The third kappa shape index (κ3) is 2.57. The van der Waals surface area contributed by atoms with Crippen LogP contribution >= 0.6 is 0 Å². The molecule has 0 amide bonds. The first-order valence-electron chi connectivity index (χ1n) is 5.84. The lowest BCUT2D eigenvalue weighted by molar-refractivity contribution is -0.0103. The van der Waals surface area contributed by atoms with Gasteiger partial charge in [-0.05, 0) is 24.3 Å². The summed E-state index contributed by atoms with van der Waals surface area (Å²) >= 11 is 0. The molecule has 1 heterocycles. The van der Waals surface area contributed by atoms with Gasteiger partial charge in [-0.15, -0.1) is 0 Å². The zero-order chi connectivity index (χ0) is 15.8. The summed E-state index contributed by atoms with van der Waals surface area (Å²) in [5.74, 6) is -1.18. The summed E-state index contributed by atoms with van der Waals surface area (Å²) in [5.41, 5.74) is 0. The first kappa shape index (κ1) is 15.3. The molecule has 1 aromatic rings. The van der Waals surface area contributed by atoms with Gasteiger partial charge in [-0.2, -0.15) is 0 Å². The smallest absolute Gasteiger partial charge is 0.267 e. The highest BCUT2D eigenvalue weighted by Crippen LogP contribution is 2.26. The Morgan fingerprint density at radius 3 is 2.43 bits per heavy atom. The second-order valence-corrected chi connectivity index (χ2v) is 6.14. The highest BCUT2D eigenvalue weighted by molar-refractivity contribution is 7.89. The van der Waals surface area contributed by atoms with Crippen LogP contribution in [0.15, 0.2) is 41.2 Å². The van der Waals surface area contributed by atoms with E-state index in [4.69, 9.17) is 10.1 Å². The number of aliphatic hydroxyl groups excluding tert-OH is 1. The highest BCUT2D eigenvalue weighted by atomic mass is 32.2. The van der Waals surface area contributed by atoms with E-state index in [9.17, 15) is 17.9 Å². The van der Waals surface area contributed by atoms with E-state index in [0.29, 0.717) is 16.3 Å². The van der Waals surface area contributed by atoms with Crippen molar-refractivity contribution >= 4 is 15.9 Å². The molecule has 1 aromatic carbocycles. The summed E-state index contributed by atoms with van der Waals surface area (Å²) in [6.07, 6.45) is -1.10. The number of nitrogens with one attached hydrogen (secondary N) is 1. The Morgan fingerprint density at radius 1 is 1.33 bits per heavy atom. The number of benzene rings is 1. The number of methoxy groups -OCH3 is 1. The summed E-state index contributed by atoms with van der Waals surface area (Å²) in [4.78, 5) is 0.671. The van der Waals surface area contributed by atoms with E-state index in [1.54, 1.807) is 0 Å². The molecule has 0 radical (unpaired) electrons. The number of nitrogens with zero attached hydrogens (tertiary/aromatic N) is 2. The quantitative estimate of drug-likeness (QED) is 0.856. The number of halogens is 1. The summed E-state index contributed by atoms with van der Waals surface area (Å²) in [7, 11) is -1.49. The van der Waals surface area contributed by atoms with E-state index in [2.05, 4.69) is 0 Å². The van der Waals surface area contributed by atoms with Crippen LogP contribution < -0.4 is 4.74 Å². The van der Waals surface area contributed by atoms with Crippen molar-refractivity contribution in [1.29, 1.82) is 5.41 Å². The minimum atomic E-state index is -4.15. The van der Waals surface area contributed by atoms with Gasteiger partial charge in [0.05, 0.1) is 18.2 Å². The van der Waals surface area contributed by atoms with Gasteiger partial charge in [0.25, 0.3) is 10.0 Å². The number of likely N-dealkylation sites (N-methyl/N-ethyl adjacent to an activating group) is 1. The van der Waals surface area contributed by atoms with E-state index in [0.717, 1.165) is 4.90 Å². The monoisotopic (exact) mass is 315 g/mol. The maximum Gasteiger partial charge on any atom is 0.267 e. The van der Waals surface area contributed by atoms with Crippen LogP contribution in [0.1, 0.15) is 0 Å². The fourth-order valence-electron chi connectivity index (χ4n) is 1.76. The molecule has 1 unspecified atom stereocenters. The van der Waals surface area contributed by atoms with Crippen molar-refractivity contribution in [3.8, 4) is 5.75 Å². The lowest BCUT2D eigenvalue weighted by atomic mass is 10.3. The van der Waals surface area contributed by atoms with Gasteiger partial charge in [-0.1, -0.05) is 0 Å². The van der Waals surface area contributed by atoms with Gasteiger partial charge in [0, 0.05) is 7.05 Å². The Hall–Kier alpha value is -2.13. The van der Waals surface area contributed by atoms with Crippen molar-refractivity contribution < 1.29 is 22.7 Å². The summed E-state index contributed by atoms with van der Waals surface area (Å²) in [5, 5.41) is 17.3. The van der Waals surface area contributed by atoms with Crippen LogP contribution in [0, 0.1) is 5.41 Å². The Morgan fingerprint density at radius 2 is 1.90 bits per heavy atom. The van der Waals surface area contributed by atoms with Gasteiger partial charge in [0.2, 0.25) is 6.35 Å². The molecule has 0 aliphatic carbocycles. The molecule has 0 bridgehead atoms. The van der Waals surface area contributed by atoms with Crippen molar-refractivity contribution in [3.05, 3.63) is 36.3 Å². The minimum Gasteiger partial charge on any atom is -0.497 e. The third-order valence-corrected chi connectivity index (χ3v) is 4.75. The number of rotatable bonds is 3. The topological polar surface area (TPSA) is 93.9 Å².